The molecule has 3 nitrogen and oxygen atoms in total. The summed E-state index contributed by atoms with van der Waals surface area (Å²) in [5.41, 5.74) is 3.51. The lowest BCUT2D eigenvalue weighted by Crippen LogP contribution is -1.98. The molecule has 0 bridgehead atoms. The second kappa shape index (κ2) is 6.78. The summed E-state index contributed by atoms with van der Waals surface area (Å²) in [7, 11) is 0. The van der Waals surface area contributed by atoms with Crippen LogP contribution in [0.5, 0.6) is 0 Å². The summed E-state index contributed by atoms with van der Waals surface area (Å²) in [6.07, 6.45) is 1.10. The molecule has 0 spiro atoms. The van der Waals surface area contributed by atoms with E-state index in [0.29, 0.717) is 17.7 Å². The van der Waals surface area contributed by atoms with Crippen LogP contribution < -0.4 is 0 Å². The van der Waals surface area contributed by atoms with Gasteiger partial charge in [-0.15, -0.1) is 10.2 Å². The van der Waals surface area contributed by atoms with Gasteiger partial charge < -0.3 is 4.42 Å². The summed E-state index contributed by atoms with van der Waals surface area (Å²) in [6, 6.07) is 18.6. The molecule has 1 atom stereocenters. The predicted molar refractivity (Wildman–Crippen MR) is 92.2 cm³/mol. The fourth-order valence-electron chi connectivity index (χ4n) is 2.66. The van der Waals surface area contributed by atoms with Gasteiger partial charge in [0, 0.05) is 5.56 Å². The van der Waals surface area contributed by atoms with Crippen LogP contribution in [0.4, 0.5) is 0 Å². The number of rotatable bonds is 5. The van der Waals surface area contributed by atoms with Gasteiger partial charge in [-0.1, -0.05) is 56.3 Å². The van der Waals surface area contributed by atoms with Crippen LogP contribution in [0.3, 0.4) is 0 Å². The van der Waals surface area contributed by atoms with E-state index in [2.05, 4.69) is 55.2 Å². The molecule has 0 N–H and O–H groups in total. The molecule has 3 aromatic rings. The maximum absolute atomic E-state index is 5.86. The summed E-state index contributed by atoms with van der Waals surface area (Å²) in [5, 5.41) is 8.40. The van der Waals surface area contributed by atoms with Crippen LogP contribution in [0.1, 0.15) is 43.7 Å². The Bertz CT molecular complexity index is 745. The molecule has 0 saturated carbocycles. The number of hydrogen-bond acceptors (Lipinski definition) is 3. The first-order valence-electron chi connectivity index (χ1n) is 8.11. The zero-order valence-electron chi connectivity index (χ0n) is 13.9. The van der Waals surface area contributed by atoms with E-state index in [1.807, 2.05) is 30.3 Å². The van der Waals surface area contributed by atoms with E-state index in [4.69, 9.17) is 4.42 Å². The molecule has 0 fully saturated rings. The molecular weight excluding hydrogens is 284 g/mol. The molecule has 1 unspecified atom stereocenters. The van der Waals surface area contributed by atoms with E-state index in [9.17, 15) is 0 Å². The zero-order chi connectivity index (χ0) is 16.2. The van der Waals surface area contributed by atoms with Gasteiger partial charge in [-0.2, -0.15) is 0 Å². The maximum atomic E-state index is 5.86. The van der Waals surface area contributed by atoms with Gasteiger partial charge in [-0.3, -0.25) is 0 Å². The topological polar surface area (TPSA) is 38.9 Å². The molecule has 0 aliphatic carbocycles. The minimum Gasteiger partial charge on any atom is -0.420 e. The Hall–Kier alpha value is -2.42. The number of aromatic nitrogens is 2. The van der Waals surface area contributed by atoms with Crippen molar-refractivity contribution in [3.8, 4) is 11.5 Å². The molecule has 0 amide bonds. The number of nitrogens with zero attached hydrogens (tertiary/aromatic N) is 2. The summed E-state index contributed by atoms with van der Waals surface area (Å²) in [4.78, 5) is 0. The van der Waals surface area contributed by atoms with E-state index in [0.717, 1.165) is 12.0 Å². The second-order valence-electron chi connectivity index (χ2n) is 6.37. The summed E-state index contributed by atoms with van der Waals surface area (Å²) in [5.74, 6) is 1.99. The smallest absolute Gasteiger partial charge is 0.247 e. The standard InChI is InChI=1S/C20H22N2O/c1-14(2)13-16-9-11-17(12-10-16)15(3)19-21-22-20(23-19)18-7-5-4-6-8-18/h4-12,14-15H,13H2,1-3H3. The van der Waals surface area contributed by atoms with Crippen LogP contribution in [0.25, 0.3) is 11.5 Å². The molecule has 0 aliphatic heterocycles. The Morgan fingerprint density at radius 2 is 1.57 bits per heavy atom. The Morgan fingerprint density at radius 3 is 2.22 bits per heavy atom. The average molecular weight is 306 g/mol. The molecule has 3 heteroatoms. The fourth-order valence-corrected chi connectivity index (χ4v) is 2.66. The molecule has 3 rings (SSSR count). The highest BCUT2D eigenvalue weighted by Gasteiger charge is 2.16. The molecule has 1 heterocycles. The highest BCUT2D eigenvalue weighted by atomic mass is 16.4. The molecule has 0 saturated heterocycles. The molecule has 23 heavy (non-hydrogen) atoms. The Balaban J connectivity index is 1.78. The first-order chi connectivity index (χ1) is 11.1. The zero-order valence-corrected chi connectivity index (χ0v) is 13.9. The van der Waals surface area contributed by atoms with E-state index < -0.39 is 0 Å². The first-order valence-corrected chi connectivity index (χ1v) is 8.11. The lowest BCUT2D eigenvalue weighted by atomic mass is 9.97. The molecule has 0 radical (unpaired) electrons. The van der Waals surface area contributed by atoms with E-state index in [-0.39, 0.29) is 5.92 Å². The third-order valence-corrected chi connectivity index (χ3v) is 3.96. The van der Waals surface area contributed by atoms with Crippen molar-refractivity contribution >= 4 is 0 Å². The molecule has 0 aliphatic rings. The average Bonchev–Trinajstić information content (AvgIpc) is 3.05. The Kier molecular flexibility index (Phi) is 4.56. The maximum Gasteiger partial charge on any atom is 0.247 e. The van der Waals surface area contributed by atoms with Gasteiger partial charge in [0.2, 0.25) is 11.8 Å². The van der Waals surface area contributed by atoms with E-state index in [1.54, 1.807) is 0 Å². The lowest BCUT2D eigenvalue weighted by Gasteiger charge is -2.09. The molecule has 2 aromatic carbocycles. The van der Waals surface area contributed by atoms with E-state index in [1.165, 1.54) is 11.1 Å². The van der Waals surface area contributed by atoms with Crippen molar-refractivity contribution in [2.75, 3.05) is 0 Å². The van der Waals surface area contributed by atoms with Gasteiger partial charge in [0.05, 0.1) is 5.92 Å². The van der Waals surface area contributed by atoms with Gasteiger partial charge in [-0.25, -0.2) is 0 Å². The van der Waals surface area contributed by atoms with Crippen molar-refractivity contribution in [2.24, 2.45) is 5.92 Å². The van der Waals surface area contributed by atoms with E-state index >= 15 is 0 Å². The van der Waals surface area contributed by atoms with Crippen LogP contribution in [0.2, 0.25) is 0 Å². The summed E-state index contributed by atoms with van der Waals surface area (Å²) >= 11 is 0. The van der Waals surface area contributed by atoms with Crippen LogP contribution in [-0.2, 0) is 6.42 Å². The third kappa shape index (κ3) is 3.67. The van der Waals surface area contributed by atoms with Gasteiger partial charge in [-0.05, 0) is 42.5 Å². The largest absolute Gasteiger partial charge is 0.420 e. The van der Waals surface area contributed by atoms with Crippen molar-refractivity contribution in [3.63, 3.8) is 0 Å². The minimum absolute atomic E-state index is 0.0908. The van der Waals surface area contributed by atoms with Gasteiger partial charge >= 0.3 is 0 Å². The normalized spacial score (nSPS) is 12.5. The highest BCUT2D eigenvalue weighted by Crippen LogP contribution is 2.26. The Morgan fingerprint density at radius 1 is 0.870 bits per heavy atom. The van der Waals surface area contributed by atoms with Crippen LogP contribution in [-0.4, -0.2) is 10.2 Å². The molecule has 1 aromatic heterocycles. The SMILES string of the molecule is CC(C)Cc1ccc(C(C)c2nnc(-c3ccccc3)o2)cc1. The number of benzene rings is 2. The number of hydrogen-bond donors (Lipinski definition) is 0. The molecular formula is C20H22N2O. The van der Waals surface area contributed by atoms with Crippen LogP contribution >= 0.6 is 0 Å². The highest BCUT2D eigenvalue weighted by molar-refractivity contribution is 5.51. The van der Waals surface area contributed by atoms with Gasteiger partial charge in [0.15, 0.2) is 0 Å². The summed E-state index contributed by atoms with van der Waals surface area (Å²) in [6.45, 7) is 6.57. The quantitative estimate of drug-likeness (QED) is 0.659. The first kappa shape index (κ1) is 15.5. The molecule has 118 valence electrons. The fraction of sp³-hybridized carbons (Fsp3) is 0.300. The monoisotopic (exact) mass is 306 g/mol. The van der Waals surface area contributed by atoms with Crippen molar-refractivity contribution < 1.29 is 4.42 Å². The van der Waals surface area contributed by atoms with Gasteiger partial charge in [0.25, 0.3) is 0 Å². The van der Waals surface area contributed by atoms with Crippen molar-refractivity contribution in [1.82, 2.24) is 10.2 Å². The lowest BCUT2D eigenvalue weighted by molar-refractivity contribution is 0.490. The van der Waals surface area contributed by atoms with Crippen molar-refractivity contribution in [2.45, 2.75) is 33.1 Å². The van der Waals surface area contributed by atoms with Gasteiger partial charge in [0.1, 0.15) is 0 Å². The second-order valence-corrected chi connectivity index (χ2v) is 6.37. The predicted octanol–water partition coefficient (Wildman–Crippen LogP) is 5.09. The van der Waals surface area contributed by atoms with Crippen molar-refractivity contribution in [3.05, 3.63) is 71.6 Å². The minimum atomic E-state index is 0.0908. The van der Waals surface area contributed by atoms with Crippen LogP contribution in [0, 0.1) is 5.92 Å². The van der Waals surface area contributed by atoms with Crippen LogP contribution in [0.15, 0.2) is 59.0 Å². The third-order valence-electron chi connectivity index (χ3n) is 3.96. The Labute approximate surface area is 137 Å². The van der Waals surface area contributed by atoms with Crippen molar-refractivity contribution in [1.29, 1.82) is 0 Å². The summed E-state index contributed by atoms with van der Waals surface area (Å²) < 4.78 is 5.86.